The van der Waals surface area contributed by atoms with Crippen molar-refractivity contribution in [1.29, 1.82) is 0 Å². The number of hydrogen-bond donors (Lipinski definition) is 3. The van der Waals surface area contributed by atoms with Crippen LogP contribution >= 0.6 is 7.60 Å². The number of nitrogens with zero attached hydrogens (tertiary/aromatic N) is 3. The lowest BCUT2D eigenvalue weighted by atomic mass is 10.0. The van der Waals surface area contributed by atoms with Crippen LogP contribution in [0.25, 0.3) is 28.2 Å². The Hall–Kier alpha value is -3.39. The van der Waals surface area contributed by atoms with E-state index in [4.69, 9.17) is 0 Å². The van der Waals surface area contributed by atoms with Crippen molar-refractivity contribution in [2.75, 3.05) is 5.32 Å². The fraction of sp³-hybridized carbons (Fsp3) is 0.136. The van der Waals surface area contributed by atoms with Crippen LogP contribution in [0.1, 0.15) is 12.8 Å². The third-order valence-electron chi connectivity index (χ3n) is 5.25. The molecule has 162 valence electrons. The first-order valence-corrected chi connectivity index (χ1v) is 11.5. The van der Waals surface area contributed by atoms with Gasteiger partial charge in [-0.1, -0.05) is 24.3 Å². The Labute approximate surface area is 181 Å². The van der Waals surface area contributed by atoms with Crippen LogP contribution in [0.5, 0.6) is 0 Å². The van der Waals surface area contributed by atoms with Gasteiger partial charge in [0.15, 0.2) is 17.1 Å². The summed E-state index contributed by atoms with van der Waals surface area (Å²) in [5, 5.41) is 2.84. The molecule has 10 heteroatoms. The largest absolute Gasteiger partial charge is 0.377 e. The van der Waals surface area contributed by atoms with Crippen LogP contribution in [-0.4, -0.2) is 30.1 Å². The molecule has 0 bridgehead atoms. The molecule has 0 spiro atoms. The Bertz CT molecular complexity index is 1410. The van der Waals surface area contributed by atoms with Crippen molar-refractivity contribution in [1.82, 2.24) is 14.4 Å². The van der Waals surface area contributed by atoms with Crippen LogP contribution in [0.2, 0.25) is 0 Å². The number of carbonyl (C=O) groups is 1. The minimum Gasteiger partial charge on any atom is -0.320 e. The number of aromatic nitrogens is 3. The van der Waals surface area contributed by atoms with E-state index in [-0.39, 0.29) is 17.5 Å². The molecule has 32 heavy (non-hydrogen) atoms. The third kappa shape index (κ3) is 3.93. The number of amides is 1. The Morgan fingerprint density at radius 1 is 1.06 bits per heavy atom. The highest BCUT2D eigenvalue weighted by molar-refractivity contribution is 7.60. The van der Waals surface area contributed by atoms with Gasteiger partial charge in [0.25, 0.3) is 0 Å². The second-order valence-electron chi connectivity index (χ2n) is 7.66. The Morgan fingerprint density at radius 2 is 1.81 bits per heavy atom. The molecule has 1 fully saturated rings. The van der Waals surface area contributed by atoms with Gasteiger partial charge in [0.05, 0.1) is 17.6 Å². The van der Waals surface area contributed by atoms with Crippen molar-refractivity contribution >= 4 is 30.4 Å². The number of hydrogen-bond acceptors (Lipinski definition) is 4. The summed E-state index contributed by atoms with van der Waals surface area (Å²) in [6, 6.07) is 15.1. The van der Waals surface area contributed by atoms with Crippen LogP contribution in [-0.2, 0) is 9.36 Å². The van der Waals surface area contributed by atoms with Crippen LogP contribution in [0, 0.1) is 11.7 Å². The molecule has 1 saturated carbocycles. The lowest BCUT2D eigenvalue weighted by Crippen LogP contribution is -2.14. The highest BCUT2D eigenvalue weighted by Gasteiger charge is 2.30. The van der Waals surface area contributed by atoms with Crippen molar-refractivity contribution in [3.63, 3.8) is 0 Å². The van der Waals surface area contributed by atoms with Gasteiger partial charge in [-0.2, -0.15) is 0 Å². The molecule has 8 nitrogen and oxygen atoms in total. The molecule has 1 aliphatic rings. The number of rotatable bonds is 5. The molecule has 3 aromatic heterocycles. The molecule has 0 saturated heterocycles. The quantitative estimate of drug-likeness (QED) is 0.400. The van der Waals surface area contributed by atoms with E-state index in [1.807, 2.05) is 28.7 Å². The number of anilines is 1. The van der Waals surface area contributed by atoms with Gasteiger partial charge in [-0.05, 0) is 48.7 Å². The predicted molar refractivity (Wildman–Crippen MR) is 117 cm³/mol. The highest BCUT2D eigenvalue weighted by atomic mass is 31.2. The summed E-state index contributed by atoms with van der Waals surface area (Å²) < 4.78 is 27.2. The van der Waals surface area contributed by atoms with Gasteiger partial charge in [-0.25, -0.2) is 14.4 Å². The minimum atomic E-state index is -4.85. The van der Waals surface area contributed by atoms with Gasteiger partial charge in [-0.3, -0.25) is 13.8 Å². The number of nitrogens with one attached hydrogen (secondary N) is 1. The molecular weight excluding hydrogens is 434 g/mol. The average Bonchev–Trinajstić information content (AvgIpc) is 3.53. The molecule has 1 amide bonds. The fourth-order valence-corrected chi connectivity index (χ4v) is 4.11. The zero-order valence-corrected chi connectivity index (χ0v) is 17.5. The zero-order chi connectivity index (χ0) is 22.5. The standard InChI is InChI=1S/C22H18FN4O4P/c23-16-9-10-17(24-22(16)32(29,30)31)14-3-1-4-15(11-14)18-5-2-6-20-25-19(12-27(18)20)26-21(28)13-7-8-13/h1-6,9-13H,7-8H2,(H,26,28)(H2,29,30,31). The molecule has 0 radical (unpaired) electrons. The number of benzene rings is 1. The first-order chi connectivity index (χ1) is 15.3. The molecule has 3 heterocycles. The van der Waals surface area contributed by atoms with E-state index in [0.29, 0.717) is 17.0 Å². The molecule has 5 rings (SSSR count). The number of carbonyl (C=O) groups excluding carboxylic acids is 1. The van der Waals surface area contributed by atoms with E-state index in [2.05, 4.69) is 15.3 Å². The number of pyridine rings is 2. The molecule has 0 atom stereocenters. The summed E-state index contributed by atoms with van der Waals surface area (Å²) in [6.45, 7) is 0. The highest BCUT2D eigenvalue weighted by Crippen LogP contribution is 2.35. The van der Waals surface area contributed by atoms with E-state index in [9.17, 15) is 23.5 Å². The van der Waals surface area contributed by atoms with Gasteiger partial charge in [0.1, 0.15) is 5.65 Å². The second-order valence-corrected chi connectivity index (χ2v) is 9.17. The van der Waals surface area contributed by atoms with E-state index < -0.39 is 18.8 Å². The maximum atomic E-state index is 13.9. The SMILES string of the molecule is O=C(Nc1cn2c(-c3cccc(-c4ccc(F)c(P(=O)(O)O)n4)c3)cccc2n1)C1CC1. The fourth-order valence-electron chi connectivity index (χ4n) is 3.51. The van der Waals surface area contributed by atoms with Crippen molar-refractivity contribution in [3.05, 3.63) is 66.6 Å². The van der Waals surface area contributed by atoms with E-state index >= 15 is 0 Å². The van der Waals surface area contributed by atoms with Gasteiger partial charge in [-0.15, -0.1) is 0 Å². The van der Waals surface area contributed by atoms with Crippen LogP contribution in [0.4, 0.5) is 10.2 Å². The van der Waals surface area contributed by atoms with Crippen molar-refractivity contribution in [3.8, 4) is 22.5 Å². The summed E-state index contributed by atoms with van der Waals surface area (Å²) in [7, 11) is -4.85. The molecule has 0 unspecified atom stereocenters. The first kappa shape index (κ1) is 20.5. The summed E-state index contributed by atoms with van der Waals surface area (Å²) in [4.78, 5) is 39.1. The zero-order valence-electron chi connectivity index (χ0n) is 16.6. The summed E-state index contributed by atoms with van der Waals surface area (Å²) in [5.41, 5.74) is 2.16. The lowest BCUT2D eigenvalue weighted by molar-refractivity contribution is -0.117. The molecule has 3 N–H and O–H groups in total. The Morgan fingerprint density at radius 3 is 2.56 bits per heavy atom. The van der Waals surface area contributed by atoms with Gasteiger partial charge in [0.2, 0.25) is 5.91 Å². The summed E-state index contributed by atoms with van der Waals surface area (Å²) in [6.07, 6.45) is 3.55. The molecule has 4 aromatic rings. The maximum absolute atomic E-state index is 13.9. The average molecular weight is 452 g/mol. The first-order valence-electron chi connectivity index (χ1n) is 9.92. The smallest absolute Gasteiger partial charge is 0.320 e. The number of imidazole rings is 1. The Balaban J connectivity index is 1.54. The summed E-state index contributed by atoms with van der Waals surface area (Å²) in [5.74, 6) is -0.545. The normalized spacial score (nSPS) is 14.0. The van der Waals surface area contributed by atoms with Crippen LogP contribution in [0.15, 0.2) is 60.8 Å². The van der Waals surface area contributed by atoms with Gasteiger partial charge in [0, 0.05) is 11.5 Å². The molecule has 1 aliphatic carbocycles. The van der Waals surface area contributed by atoms with Crippen LogP contribution in [0.3, 0.4) is 0 Å². The van der Waals surface area contributed by atoms with Gasteiger partial charge < -0.3 is 15.1 Å². The van der Waals surface area contributed by atoms with E-state index in [1.54, 1.807) is 24.4 Å². The lowest BCUT2D eigenvalue weighted by Gasteiger charge is -2.10. The van der Waals surface area contributed by atoms with Crippen molar-refractivity contribution < 1.29 is 23.5 Å². The Kier molecular flexibility index (Phi) is 4.89. The second kappa shape index (κ2) is 7.63. The monoisotopic (exact) mass is 452 g/mol. The maximum Gasteiger partial charge on any atom is 0.377 e. The van der Waals surface area contributed by atoms with Gasteiger partial charge >= 0.3 is 7.60 Å². The molecule has 1 aromatic carbocycles. The number of fused-ring (bicyclic) bond motifs is 1. The van der Waals surface area contributed by atoms with Crippen LogP contribution < -0.4 is 10.8 Å². The molecular formula is C22H18FN4O4P. The summed E-state index contributed by atoms with van der Waals surface area (Å²) >= 11 is 0. The predicted octanol–water partition coefficient (Wildman–Crippen LogP) is 3.35. The van der Waals surface area contributed by atoms with E-state index in [1.165, 1.54) is 6.07 Å². The number of halogens is 1. The molecule has 0 aliphatic heterocycles. The van der Waals surface area contributed by atoms with Crippen molar-refractivity contribution in [2.45, 2.75) is 12.8 Å². The third-order valence-corrected chi connectivity index (χ3v) is 6.11. The topological polar surface area (TPSA) is 117 Å². The minimum absolute atomic E-state index is 0.0276. The van der Waals surface area contributed by atoms with Crippen molar-refractivity contribution in [2.24, 2.45) is 5.92 Å². The van der Waals surface area contributed by atoms with E-state index in [0.717, 1.165) is 30.2 Å².